The Balaban J connectivity index is 2.79. The minimum Gasteiger partial charge on any atom is -0.475 e. The van der Waals surface area contributed by atoms with Crippen LogP contribution in [0.15, 0.2) is 18.3 Å². The lowest BCUT2D eigenvalue weighted by atomic mass is 10.3. The third-order valence-corrected chi connectivity index (χ3v) is 2.39. The van der Waals surface area contributed by atoms with Crippen LogP contribution in [0.1, 0.15) is 19.4 Å². The minimum atomic E-state index is -3.20. The molecule has 1 N–H and O–H groups in total. The van der Waals surface area contributed by atoms with E-state index in [4.69, 9.17) is 4.74 Å². The van der Waals surface area contributed by atoms with Gasteiger partial charge in [-0.05, 0) is 19.9 Å². The van der Waals surface area contributed by atoms with E-state index in [9.17, 15) is 8.42 Å². The summed E-state index contributed by atoms with van der Waals surface area (Å²) in [6.45, 7) is 3.97. The van der Waals surface area contributed by atoms with Gasteiger partial charge in [0.15, 0.2) is 0 Å². The molecule has 16 heavy (non-hydrogen) atoms. The second-order valence-corrected chi connectivity index (χ2v) is 5.56. The number of aromatic nitrogens is 1. The second-order valence-electron chi connectivity index (χ2n) is 3.73. The lowest BCUT2D eigenvalue weighted by molar-refractivity contribution is 0.230. The lowest BCUT2D eigenvalue weighted by Crippen LogP contribution is -2.22. The van der Waals surface area contributed by atoms with Crippen molar-refractivity contribution in [1.29, 1.82) is 0 Å². The van der Waals surface area contributed by atoms with Crippen molar-refractivity contribution in [3.63, 3.8) is 0 Å². The summed E-state index contributed by atoms with van der Waals surface area (Å²) in [5, 5.41) is 0. The van der Waals surface area contributed by atoms with Crippen LogP contribution in [0.5, 0.6) is 5.88 Å². The van der Waals surface area contributed by atoms with E-state index in [0.717, 1.165) is 11.8 Å². The molecule has 0 radical (unpaired) electrons. The standard InChI is InChI=1S/C10H16N2O3S/c1-8(2)15-10-9(5-4-6-11-10)7-12-16(3,13)14/h4-6,8,12H,7H2,1-3H3. The quantitative estimate of drug-likeness (QED) is 0.836. The van der Waals surface area contributed by atoms with E-state index in [-0.39, 0.29) is 12.6 Å². The Morgan fingerprint density at radius 3 is 2.75 bits per heavy atom. The van der Waals surface area contributed by atoms with Gasteiger partial charge in [0.1, 0.15) is 0 Å². The molecule has 1 aromatic rings. The van der Waals surface area contributed by atoms with Crippen LogP contribution in [-0.2, 0) is 16.6 Å². The fraction of sp³-hybridized carbons (Fsp3) is 0.500. The van der Waals surface area contributed by atoms with Gasteiger partial charge in [-0.15, -0.1) is 0 Å². The van der Waals surface area contributed by atoms with E-state index in [2.05, 4.69) is 9.71 Å². The Hall–Kier alpha value is -1.14. The predicted molar refractivity (Wildman–Crippen MR) is 61.7 cm³/mol. The zero-order chi connectivity index (χ0) is 12.2. The molecule has 6 heteroatoms. The van der Waals surface area contributed by atoms with Crippen LogP contribution in [0.4, 0.5) is 0 Å². The van der Waals surface area contributed by atoms with E-state index >= 15 is 0 Å². The van der Waals surface area contributed by atoms with Crippen LogP contribution in [0, 0.1) is 0 Å². The molecule has 0 aliphatic carbocycles. The Bertz CT molecular complexity index is 443. The molecular formula is C10H16N2O3S. The maximum atomic E-state index is 11.0. The third kappa shape index (κ3) is 4.59. The van der Waals surface area contributed by atoms with Crippen LogP contribution >= 0.6 is 0 Å². The molecule has 0 amide bonds. The summed E-state index contributed by atoms with van der Waals surface area (Å²) in [7, 11) is -3.20. The topological polar surface area (TPSA) is 68.3 Å². The summed E-state index contributed by atoms with van der Waals surface area (Å²) >= 11 is 0. The van der Waals surface area contributed by atoms with Gasteiger partial charge in [0, 0.05) is 18.3 Å². The molecule has 0 bridgehead atoms. The fourth-order valence-electron chi connectivity index (χ4n) is 1.10. The summed E-state index contributed by atoms with van der Waals surface area (Å²) < 4.78 is 29.8. The van der Waals surface area contributed by atoms with Crippen molar-refractivity contribution in [3.05, 3.63) is 23.9 Å². The zero-order valence-electron chi connectivity index (χ0n) is 9.60. The molecule has 0 saturated heterocycles. The highest BCUT2D eigenvalue weighted by atomic mass is 32.2. The molecule has 1 heterocycles. The van der Waals surface area contributed by atoms with Gasteiger partial charge in [-0.3, -0.25) is 0 Å². The van der Waals surface area contributed by atoms with E-state index in [1.807, 2.05) is 13.8 Å². The summed E-state index contributed by atoms with van der Waals surface area (Å²) in [5.74, 6) is 0.466. The SMILES string of the molecule is CC(C)Oc1ncccc1CNS(C)(=O)=O. The van der Waals surface area contributed by atoms with Crippen LogP contribution in [0.3, 0.4) is 0 Å². The molecule has 90 valence electrons. The molecule has 0 aliphatic rings. The number of hydrogen-bond acceptors (Lipinski definition) is 4. The Morgan fingerprint density at radius 2 is 2.19 bits per heavy atom. The fourth-order valence-corrected chi connectivity index (χ4v) is 1.51. The first-order chi connectivity index (χ1) is 7.38. The first-order valence-corrected chi connectivity index (χ1v) is 6.83. The van der Waals surface area contributed by atoms with Crippen molar-refractivity contribution in [1.82, 2.24) is 9.71 Å². The smallest absolute Gasteiger partial charge is 0.218 e. The second kappa shape index (κ2) is 5.27. The largest absolute Gasteiger partial charge is 0.475 e. The molecule has 0 unspecified atom stereocenters. The van der Waals surface area contributed by atoms with E-state index < -0.39 is 10.0 Å². The Morgan fingerprint density at radius 1 is 1.50 bits per heavy atom. The first kappa shape index (κ1) is 12.9. The molecule has 0 saturated carbocycles. The normalized spacial score (nSPS) is 11.8. The van der Waals surface area contributed by atoms with Gasteiger partial charge in [0.2, 0.25) is 15.9 Å². The number of nitrogens with zero attached hydrogens (tertiary/aromatic N) is 1. The van der Waals surface area contributed by atoms with Crippen molar-refractivity contribution in [3.8, 4) is 5.88 Å². The number of hydrogen-bond donors (Lipinski definition) is 1. The highest BCUT2D eigenvalue weighted by Gasteiger charge is 2.08. The number of rotatable bonds is 5. The first-order valence-electron chi connectivity index (χ1n) is 4.93. The van der Waals surface area contributed by atoms with Crippen molar-refractivity contribution >= 4 is 10.0 Å². The third-order valence-electron chi connectivity index (χ3n) is 1.72. The number of sulfonamides is 1. The van der Waals surface area contributed by atoms with Gasteiger partial charge in [-0.2, -0.15) is 0 Å². The van der Waals surface area contributed by atoms with Crippen molar-refractivity contribution < 1.29 is 13.2 Å². The van der Waals surface area contributed by atoms with E-state index in [1.54, 1.807) is 18.3 Å². The predicted octanol–water partition coefficient (Wildman–Crippen LogP) is 0.918. The maximum absolute atomic E-state index is 11.0. The summed E-state index contributed by atoms with van der Waals surface area (Å²) in [6.07, 6.45) is 2.74. The number of pyridine rings is 1. The molecule has 0 fully saturated rings. The minimum absolute atomic E-state index is 0.00637. The molecule has 0 atom stereocenters. The maximum Gasteiger partial charge on any atom is 0.218 e. The zero-order valence-corrected chi connectivity index (χ0v) is 10.4. The van der Waals surface area contributed by atoms with Gasteiger partial charge in [-0.1, -0.05) is 6.07 Å². The Kier molecular flexibility index (Phi) is 4.26. The van der Waals surface area contributed by atoms with Crippen LogP contribution in [-0.4, -0.2) is 25.8 Å². The summed E-state index contributed by atoms with van der Waals surface area (Å²) in [5.41, 5.74) is 0.724. The van der Waals surface area contributed by atoms with Gasteiger partial charge in [-0.25, -0.2) is 18.1 Å². The van der Waals surface area contributed by atoms with Crippen LogP contribution in [0.2, 0.25) is 0 Å². The van der Waals surface area contributed by atoms with Crippen LogP contribution in [0.25, 0.3) is 0 Å². The number of nitrogens with one attached hydrogen (secondary N) is 1. The summed E-state index contributed by atoms with van der Waals surface area (Å²) in [4.78, 5) is 4.06. The van der Waals surface area contributed by atoms with E-state index in [0.29, 0.717) is 5.88 Å². The average Bonchev–Trinajstić information content (AvgIpc) is 2.14. The van der Waals surface area contributed by atoms with Gasteiger partial charge >= 0.3 is 0 Å². The van der Waals surface area contributed by atoms with E-state index in [1.165, 1.54) is 0 Å². The molecule has 0 spiro atoms. The molecule has 1 aromatic heterocycles. The van der Waals surface area contributed by atoms with Gasteiger partial charge < -0.3 is 4.74 Å². The molecular weight excluding hydrogens is 228 g/mol. The highest BCUT2D eigenvalue weighted by Crippen LogP contribution is 2.15. The van der Waals surface area contributed by atoms with Crippen LogP contribution < -0.4 is 9.46 Å². The molecule has 1 rings (SSSR count). The van der Waals surface area contributed by atoms with Gasteiger partial charge in [0.05, 0.1) is 12.4 Å². The monoisotopic (exact) mass is 244 g/mol. The van der Waals surface area contributed by atoms with Crippen molar-refractivity contribution in [2.75, 3.05) is 6.26 Å². The Labute approximate surface area is 95.9 Å². The van der Waals surface area contributed by atoms with Gasteiger partial charge in [0.25, 0.3) is 0 Å². The molecule has 0 aromatic carbocycles. The highest BCUT2D eigenvalue weighted by molar-refractivity contribution is 7.88. The van der Waals surface area contributed by atoms with Crippen molar-refractivity contribution in [2.45, 2.75) is 26.5 Å². The average molecular weight is 244 g/mol. The van der Waals surface area contributed by atoms with Crippen molar-refractivity contribution in [2.24, 2.45) is 0 Å². The lowest BCUT2D eigenvalue weighted by Gasteiger charge is -2.12. The number of ether oxygens (including phenoxy) is 1. The summed E-state index contributed by atoms with van der Waals surface area (Å²) in [6, 6.07) is 3.52. The molecule has 5 nitrogen and oxygen atoms in total. The molecule has 0 aliphatic heterocycles.